The van der Waals surface area contributed by atoms with Crippen molar-refractivity contribution in [1.29, 1.82) is 0 Å². The predicted octanol–water partition coefficient (Wildman–Crippen LogP) is 3.44. The van der Waals surface area contributed by atoms with Gasteiger partial charge in [-0.1, -0.05) is 18.2 Å². The lowest BCUT2D eigenvalue weighted by Gasteiger charge is -2.21. The predicted molar refractivity (Wildman–Crippen MR) is 83.9 cm³/mol. The Balaban J connectivity index is 2.03. The molecule has 0 bridgehead atoms. The minimum Gasteiger partial charge on any atom is -0.399 e. The zero-order chi connectivity index (χ0) is 13.9. The summed E-state index contributed by atoms with van der Waals surface area (Å²) in [6.07, 6.45) is 9.67. The van der Waals surface area contributed by atoms with Gasteiger partial charge < -0.3 is 5.73 Å². The van der Waals surface area contributed by atoms with Crippen molar-refractivity contribution in [2.45, 2.75) is 18.9 Å². The lowest BCUT2D eigenvalue weighted by molar-refractivity contribution is 0.662. The van der Waals surface area contributed by atoms with E-state index in [-0.39, 0.29) is 12.0 Å². The largest absolute Gasteiger partial charge is 0.399 e. The Labute approximate surface area is 118 Å². The number of nitrogens with two attached hydrogens (primary N) is 1. The quantitative estimate of drug-likeness (QED) is 0.844. The number of anilines is 1. The van der Waals surface area contributed by atoms with Gasteiger partial charge in [-0.3, -0.25) is 9.98 Å². The summed E-state index contributed by atoms with van der Waals surface area (Å²) in [5.41, 5.74) is 10.2. The summed E-state index contributed by atoms with van der Waals surface area (Å²) in [7, 11) is 0. The zero-order valence-corrected chi connectivity index (χ0v) is 11.4. The average molecular weight is 263 g/mol. The maximum atomic E-state index is 6.07. The second-order valence-electron chi connectivity index (χ2n) is 5.08. The number of hydrogen-bond acceptors (Lipinski definition) is 3. The van der Waals surface area contributed by atoms with Gasteiger partial charge in [0.1, 0.15) is 0 Å². The molecule has 2 unspecified atom stereocenters. The first kappa shape index (κ1) is 12.6. The summed E-state index contributed by atoms with van der Waals surface area (Å²) in [6.45, 7) is 2.12. The van der Waals surface area contributed by atoms with Crippen molar-refractivity contribution in [3.05, 3.63) is 60.4 Å². The van der Waals surface area contributed by atoms with Crippen molar-refractivity contribution >= 4 is 11.9 Å². The molecule has 2 atom stereocenters. The minimum absolute atomic E-state index is 0.239. The molecule has 2 N–H and O–H groups in total. The van der Waals surface area contributed by atoms with Crippen LogP contribution in [0.5, 0.6) is 0 Å². The van der Waals surface area contributed by atoms with Gasteiger partial charge in [0.2, 0.25) is 0 Å². The fraction of sp³-hybridized carbons (Fsp3) is 0.176. The van der Waals surface area contributed by atoms with E-state index in [4.69, 9.17) is 5.73 Å². The third-order valence-corrected chi connectivity index (χ3v) is 3.60. The van der Waals surface area contributed by atoms with Crippen LogP contribution in [-0.2, 0) is 0 Å². The maximum absolute atomic E-state index is 6.07. The second kappa shape index (κ2) is 5.29. The lowest BCUT2D eigenvalue weighted by atomic mass is 9.89. The van der Waals surface area contributed by atoms with E-state index in [1.807, 2.05) is 42.8 Å². The monoisotopic (exact) mass is 263 g/mol. The van der Waals surface area contributed by atoms with Crippen LogP contribution in [0.2, 0.25) is 0 Å². The number of pyridine rings is 1. The Bertz CT molecular complexity index is 659. The van der Waals surface area contributed by atoms with Gasteiger partial charge >= 0.3 is 0 Å². The fourth-order valence-electron chi connectivity index (χ4n) is 2.57. The van der Waals surface area contributed by atoms with Crippen molar-refractivity contribution < 1.29 is 0 Å². The van der Waals surface area contributed by atoms with Crippen LogP contribution in [-0.4, -0.2) is 17.2 Å². The Hall–Kier alpha value is -2.42. The highest BCUT2D eigenvalue weighted by molar-refractivity contribution is 5.74. The Morgan fingerprint density at radius 2 is 2.05 bits per heavy atom. The van der Waals surface area contributed by atoms with E-state index < -0.39 is 0 Å². The molecule has 0 radical (unpaired) electrons. The summed E-state index contributed by atoms with van der Waals surface area (Å²) in [6, 6.07) is 10.4. The van der Waals surface area contributed by atoms with Crippen LogP contribution < -0.4 is 5.73 Å². The van der Waals surface area contributed by atoms with Crippen LogP contribution in [0.3, 0.4) is 0 Å². The molecule has 3 heteroatoms. The number of benzene rings is 1. The van der Waals surface area contributed by atoms with Gasteiger partial charge in [0.05, 0.1) is 6.04 Å². The van der Waals surface area contributed by atoms with Crippen LogP contribution in [0.1, 0.15) is 18.4 Å². The van der Waals surface area contributed by atoms with E-state index in [0.717, 1.165) is 16.8 Å². The average Bonchev–Trinajstić information content (AvgIpc) is 2.48. The molecule has 1 aromatic heterocycles. The van der Waals surface area contributed by atoms with Crippen LogP contribution in [0.4, 0.5) is 5.69 Å². The number of aliphatic imine (C=N–C) groups is 1. The summed E-state index contributed by atoms with van der Waals surface area (Å²) < 4.78 is 0. The van der Waals surface area contributed by atoms with E-state index in [1.54, 1.807) is 6.20 Å². The van der Waals surface area contributed by atoms with Crippen molar-refractivity contribution in [2.24, 2.45) is 4.99 Å². The molecule has 0 spiro atoms. The van der Waals surface area contributed by atoms with Crippen molar-refractivity contribution in [1.82, 2.24) is 4.98 Å². The highest BCUT2D eigenvalue weighted by Crippen LogP contribution is 2.31. The SMILES string of the molecule is CC1N=CC=CC1c1cc(N)cc(-c2cccnc2)c1. The highest BCUT2D eigenvalue weighted by Gasteiger charge is 2.18. The molecule has 3 nitrogen and oxygen atoms in total. The number of rotatable bonds is 2. The molecular formula is C17H17N3. The number of dihydropyridines is 1. The Morgan fingerprint density at radius 1 is 1.15 bits per heavy atom. The van der Waals surface area contributed by atoms with Crippen molar-refractivity contribution in [3.8, 4) is 11.1 Å². The first-order chi connectivity index (χ1) is 9.74. The zero-order valence-electron chi connectivity index (χ0n) is 11.4. The number of aromatic nitrogens is 1. The van der Waals surface area contributed by atoms with Gasteiger partial charge in [-0.05, 0) is 42.3 Å². The smallest absolute Gasteiger partial charge is 0.0574 e. The molecule has 1 aliphatic rings. The van der Waals surface area contributed by atoms with E-state index in [0.29, 0.717) is 0 Å². The summed E-state index contributed by atoms with van der Waals surface area (Å²) in [4.78, 5) is 8.62. The first-order valence-electron chi connectivity index (χ1n) is 6.75. The molecule has 0 aliphatic carbocycles. The van der Waals surface area contributed by atoms with Gasteiger partial charge in [0.25, 0.3) is 0 Å². The van der Waals surface area contributed by atoms with Crippen LogP contribution in [0.15, 0.2) is 59.9 Å². The number of nitrogen functional groups attached to an aromatic ring is 1. The second-order valence-corrected chi connectivity index (χ2v) is 5.08. The normalized spacial score (nSPS) is 21.1. The topological polar surface area (TPSA) is 51.3 Å². The van der Waals surface area contributed by atoms with Crippen LogP contribution in [0.25, 0.3) is 11.1 Å². The molecule has 1 aliphatic heterocycles. The van der Waals surface area contributed by atoms with Gasteiger partial charge in [0.15, 0.2) is 0 Å². The van der Waals surface area contributed by atoms with Crippen molar-refractivity contribution in [3.63, 3.8) is 0 Å². The lowest BCUT2D eigenvalue weighted by Crippen LogP contribution is -2.14. The third kappa shape index (κ3) is 2.48. The van der Waals surface area contributed by atoms with Gasteiger partial charge in [0, 0.05) is 35.8 Å². The summed E-state index contributed by atoms with van der Waals surface area (Å²) in [5, 5.41) is 0. The van der Waals surface area contributed by atoms with Gasteiger partial charge in [-0.25, -0.2) is 0 Å². The van der Waals surface area contributed by atoms with E-state index in [1.165, 1.54) is 5.56 Å². The number of nitrogens with zero attached hydrogens (tertiary/aromatic N) is 2. The van der Waals surface area contributed by atoms with Gasteiger partial charge in [-0.15, -0.1) is 0 Å². The molecule has 0 amide bonds. The molecular weight excluding hydrogens is 246 g/mol. The standard InChI is InChI=1S/C17H17N3/c1-12-17(5-3-7-20-12)15-8-14(9-16(18)10-15)13-4-2-6-19-11-13/h2-12,17H,18H2,1H3. The molecule has 0 fully saturated rings. The third-order valence-electron chi connectivity index (χ3n) is 3.60. The van der Waals surface area contributed by atoms with Gasteiger partial charge in [-0.2, -0.15) is 0 Å². The molecule has 3 rings (SSSR count). The fourth-order valence-corrected chi connectivity index (χ4v) is 2.57. The van der Waals surface area contributed by atoms with Crippen LogP contribution in [0, 0.1) is 0 Å². The van der Waals surface area contributed by atoms with Crippen molar-refractivity contribution in [2.75, 3.05) is 5.73 Å². The molecule has 1 aromatic carbocycles. The van der Waals surface area contributed by atoms with E-state index in [9.17, 15) is 0 Å². The molecule has 2 aromatic rings. The first-order valence-corrected chi connectivity index (χ1v) is 6.75. The highest BCUT2D eigenvalue weighted by atomic mass is 14.8. The minimum atomic E-state index is 0.239. The Morgan fingerprint density at radius 3 is 2.80 bits per heavy atom. The maximum Gasteiger partial charge on any atom is 0.0574 e. The summed E-state index contributed by atoms with van der Waals surface area (Å²) in [5.74, 6) is 0.277. The molecule has 0 saturated heterocycles. The van der Waals surface area contributed by atoms with E-state index in [2.05, 4.69) is 29.0 Å². The van der Waals surface area contributed by atoms with E-state index >= 15 is 0 Å². The molecule has 0 saturated carbocycles. The van der Waals surface area contributed by atoms with Crippen LogP contribution >= 0.6 is 0 Å². The molecule has 100 valence electrons. The molecule has 2 heterocycles. The summed E-state index contributed by atoms with van der Waals surface area (Å²) >= 11 is 0. The Kier molecular flexibility index (Phi) is 3.33. The number of allylic oxidation sites excluding steroid dienone is 1. The molecule has 20 heavy (non-hydrogen) atoms. The number of hydrogen-bond donors (Lipinski definition) is 1.